The quantitative estimate of drug-likeness (QED) is 0.0190. The number of hydrogen-bond acceptors (Lipinski definition) is 0. The Morgan fingerprint density at radius 1 is 0.356 bits per heavy atom. The van der Waals surface area contributed by atoms with Crippen LogP contribution in [0.15, 0.2) is 96.6 Å². The summed E-state index contributed by atoms with van der Waals surface area (Å²) in [6, 6.07) is 29.8. The molecular weight excluding hydrogens is 927 g/mol. The number of unbranched alkanes of at least 4 members (excludes halogenated alkanes) is 19. The van der Waals surface area contributed by atoms with Gasteiger partial charge in [-0.2, -0.15) is 49.2 Å². The summed E-state index contributed by atoms with van der Waals surface area (Å²) in [7, 11) is 0. The maximum absolute atomic E-state index is 12.7. The normalized spacial score (nSPS) is 12.0. The number of hydrogen-bond donors (Lipinski definition) is 0. The van der Waals surface area contributed by atoms with E-state index in [1.54, 1.807) is 38.1 Å². The molecular formula is C70H106N2Ni. The third-order valence-corrected chi connectivity index (χ3v) is 14.7. The van der Waals surface area contributed by atoms with Crippen LogP contribution in [0.2, 0.25) is 0 Å². The van der Waals surface area contributed by atoms with Crippen LogP contribution in [0.25, 0.3) is 16.9 Å². The van der Waals surface area contributed by atoms with Gasteiger partial charge in [0.1, 0.15) is 0 Å². The Morgan fingerprint density at radius 3 is 0.986 bits per heavy atom. The van der Waals surface area contributed by atoms with E-state index in [4.69, 9.17) is 0 Å². The maximum atomic E-state index is 12.7. The first-order valence-corrected chi connectivity index (χ1v) is 30.2. The van der Waals surface area contributed by atoms with E-state index in [9.17, 15) is 5.53 Å². The molecule has 406 valence electrons. The molecule has 5 rings (SSSR count). The molecule has 0 aliphatic carbocycles. The molecule has 3 heteroatoms. The van der Waals surface area contributed by atoms with Gasteiger partial charge in [-0.05, 0) is 148 Å². The van der Waals surface area contributed by atoms with Gasteiger partial charge in [-0.1, -0.05) is 183 Å². The minimum Gasteiger partial charge on any atom is -0.493 e. The molecule has 1 heterocycles. The Bertz CT molecular complexity index is 1990. The van der Waals surface area contributed by atoms with Gasteiger partial charge in [0.15, 0.2) is 0 Å². The maximum Gasteiger partial charge on any atom is 2.00 e. The molecule has 0 radical (unpaired) electrons. The Balaban J connectivity index is 0.00000104. The summed E-state index contributed by atoms with van der Waals surface area (Å²) in [5.74, 6) is 0. The van der Waals surface area contributed by atoms with Crippen molar-refractivity contribution in [1.82, 2.24) is 0 Å². The largest absolute Gasteiger partial charge is 2.00 e. The molecule has 0 spiro atoms. The molecule has 0 aromatic heterocycles. The molecule has 0 bridgehead atoms. The topological polar surface area (TPSA) is 25.3 Å². The second-order valence-electron chi connectivity index (χ2n) is 21.2. The number of nitrogens with zero attached hydrogens (tertiary/aromatic N) is 2. The van der Waals surface area contributed by atoms with E-state index in [-0.39, 0.29) is 16.5 Å². The Kier molecular flexibility index (Phi) is 37.1. The van der Waals surface area contributed by atoms with E-state index in [1.807, 2.05) is 60.7 Å². The third kappa shape index (κ3) is 25.5. The van der Waals surface area contributed by atoms with Crippen LogP contribution in [0.3, 0.4) is 0 Å². The zero-order chi connectivity index (χ0) is 52.0. The molecule has 4 aromatic carbocycles. The minimum atomic E-state index is 0. The molecule has 73 heavy (non-hydrogen) atoms. The van der Waals surface area contributed by atoms with Gasteiger partial charge in [0.25, 0.3) is 0 Å². The molecule has 0 unspecified atom stereocenters. The minimum absolute atomic E-state index is 0. The van der Waals surface area contributed by atoms with Gasteiger partial charge < -0.3 is 5.53 Å². The van der Waals surface area contributed by atoms with E-state index in [0.29, 0.717) is 0 Å². The first-order valence-electron chi connectivity index (χ1n) is 30.2. The monoisotopic (exact) mass is 1030 g/mol. The average molecular weight is 1030 g/mol. The molecule has 4 aromatic rings. The second-order valence-corrected chi connectivity index (χ2v) is 21.2. The van der Waals surface area contributed by atoms with Gasteiger partial charge in [-0.15, -0.1) is 24.3 Å². The number of rotatable bonds is 35. The van der Waals surface area contributed by atoms with E-state index in [2.05, 4.69) is 92.7 Å². The number of benzene rings is 4. The van der Waals surface area contributed by atoms with Crippen LogP contribution in [-0.2, 0) is 55.0 Å². The van der Waals surface area contributed by atoms with Crippen molar-refractivity contribution >= 4 is 11.4 Å². The van der Waals surface area contributed by atoms with Gasteiger partial charge in [0.2, 0.25) is 11.4 Å². The zero-order valence-electron chi connectivity index (χ0n) is 48.1. The summed E-state index contributed by atoms with van der Waals surface area (Å²) in [5.41, 5.74) is 30.2. The van der Waals surface area contributed by atoms with Crippen LogP contribution in [0.4, 0.5) is 0 Å². The Hall–Kier alpha value is -3.81. The molecule has 2 nitrogen and oxygen atoms in total. The molecule has 0 fully saturated rings. The summed E-state index contributed by atoms with van der Waals surface area (Å²) >= 11 is 0. The molecule has 0 saturated carbocycles. The second kappa shape index (κ2) is 41.4. The summed E-state index contributed by atoms with van der Waals surface area (Å²) in [6.45, 7) is 23.7. The van der Waals surface area contributed by atoms with Crippen LogP contribution in [0, 0.1) is 13.8 Å². The van der Waals surface area contributed by atoms with Crippen molar-refractivity contribution in [2.75, 3.05) is 0 Å². The van der Waals surface area contributed by atoms with Crippen molar-refractivity contribution in [3.8, 4) is 0 Å². The SMILES string of the molecule is CCCCCCCCC1=C(c2cc(CCCCCC)c(CCCC)c(CCCCCC)c2)[N+](=[N-])C(c2cc(CCCCCC)c(CCCC)c(CCCCCC)c2)=C1.[CH2-]c1ccccc1.[CH2-]c1ccccc1.[Ni+2]. The smallest absolute Gasteiger partial charge is 0.493 e. The summed E-state index contributed by atoms with van der Waals surface area (Å²) in [5, 5.41) is 0. The average Bonchev–Trinajstić information content (AvgIpc) is 3.72. The van der Waals surface area contributed by atoms with Crippen molar-refractivity contribution in [3.63, 3.8) is 0 Å². The predicted molar refractivity (Wildman–Crippen MR) is 320 cm³/mol. The fourth-order valence-corrected chi connectivity index (χ4v) is 10.4. The van der Waals surface area contributed by atoms with Crippen molar-refractivity contribution in [3.05, 3.63) is 172 Å². The molecule has 0 amide bonds. The molecule has 1 aliphatic rings. The van der Waals surface area contributed by atoms with Gasteiger partial charge in [-0.3, -0.25) is 0 Å². The predicted octanol–water partition coefficient (Wildman–Crippen LogP) is 22.1. The summed E-state index contributed by atoms with van der Waals surface area (Å²) in [4.78, 5) is 0. The molecule has 1 aliphatic heterocycles. The van der Waals surface area contributed by atoms with Gasteiger partial charge in [0, 0.05) is 22.8 Å². The van der Waals surface area contributed by atoms with E-state index < -0.39 is 0 Å². The van der Waals surface area contributed by atoms with Crippen molar-refractivity contribution in [2.45, 2.75) is 260 Å². The first kappa shape index (κ1) is 65.3. The van der Waals surface area contributed by atoms with Crippen molar-refractivity contribution < 1.29 is 21.2 Å². The van der Waals surface area contributed by atoms with Crippen LogP contribution in [0.5, 0.6) is 0 Å². The zero-order valence-corrected chi connectivity index (χ0v) is 49.1. The Labute approximate surface area is 462 Å². The van der Waals surface area contributed by atoms with Crippen LogP contribution >= 0.6 is 0 Å². The number of allylic oxidation sites excluding steroid dienone is 2. The van der Waals surface area contributed by atoms with Crippen molar-refractivity contribution in [2.24, 2.45) is 0 Å². The van der Waals surface area contributed by atoms with Crippen LogP contribution in [0.1, 0.15) is 277 Å². The fraction of sp³-hybridized carbons (Fsp3) is 0.571. The van der Waals surface area contributed by atoms with E-state index in [0.717, 1.165) is 54.6 Å². The third-order valence-electron chi connectivity index (χ3n) is 14.7. The standard InChI is InChI=1S/C56H92N2.2C7H7.Ni/c1-8-15-22-27-28-33-38-50-45-55(51-41-46(34-29-23-16-9-2)53(39-20-13-6)47(42-51)35-30-24-17-10-3)58(57)56(50)52-43-48(36-31-25-18-11-4)54(40-21-14-7)49(44-52)37-32-26-19-12-5;2*1-7-5-3-2-4-6-7;/h41-45H,8-40H2,1-7H3;2*2-6H,1H2;/q;2*-1;+2. The fourth-order valence-electron chi connectivity index (χ4n) is 10.4. The van der Waals surface area contributed by atoms with Gasteiger partial charge in [0.05, 0.1) is 0 Å². The van der Waals surface area contributed by atoms with Crippen molar-refractivity contribution in [1.29, 1.82) is 0 Å². The summed E-state index contributed by atoms with van der Waals surface area (Å²) in [6.07, 6.45) is 43.7. The molecule has 0 atom stereocenters. The van der Waals surface area contributed by atoms with E-state index in [1.165, 1.54) is 196 Å². The summed E-state index contributed by atoms with van der Waals surface area (Å²) < 4.78 is 1.66. The van der Waals surface area contributed by atoms with Gasteiger partial charge >= 0.3 is 16.5 Å². The van der Waals surface area contributed by atoms with Crippen LogP contribution in [-0.4, -0.2) is 4.70 Å². The van der Waals surface area contributed by atoms with E-state index >= 15 is 0 Å². The van der Waals surface area contributed by atoms with Gasteiger partial charge in [-0.25, -0.2) is 4.70 Å². The molecule has 0 saturated heterocycles. The first-order chi connectivity index (χ1) is 35.3. The van der Waals surface area contributed by atoms with Crippen LogP contribution < -0.4 is 0 Å². The number of aryl methyl sites for hydroxylation is 4. The molecule has 0 N–H and O–H groups in total. The Morgan fingerprint density at radius 2 is 0.658 bits per heavy atom.